The number of benzene rings is 1. The smallest absolute Gasteiger partial charge is 0.411 e. The number of nitrogens with one attached hydrogen (secondary N) is 1. The summed E-state index contributed by atoms with van der Waals surface area (Å²) < 4.78 is 41.1. The molecule has 0 fully saturated rings. The normalized spacial score (nSPS) is 11.2. The highest BCUT2D eigenvalue weighted by molar-refractivity contribution is 7.98. The molecule has 2 aromatic rings. The third kappa shape index (κ3) is 3.88. The molecule has 2 rings (SSSR count). The highest BCUT2D eigenvalue weighted by Crippen LogP contribution is 2.23. The van der Waals surface area contributed by atoms with Gasteiger partial charge >= 0.3 is 12.1 Å². The predicted octanol–water partition coefficient (Wildman–Crippen LogP) is 2.89. The van der Waals surface area contributed by atoms with E-state index in [0.717, 1.165) is 0 Å². The summed E-state index contributed by atoms with van der Waals surface area (Å²) in [5.41, 5.74) is 2.65. The second-order valence-corrected chi connectivity index (χ2v) is 4.40. The number of hydrogen-bond acceptors (Lipinski definition) is 7. The van der Waals surface area contributed by atoms with Gasteiger partial charge in [-0.2, -0.15) is 13.2 Å². The van der Waals surface area contributed by atoms with E-state index in [1.807, 2.05) is 5.48 Å². The van der Waals surface area contributed by atoms with E-state index in [2.05, 4.69) is 15.0 Å². The van der Waals surface area contributed by atoms with E-state index in [1.165, 1.54) is 36.0 Å². The Labute approximate surface area is 120 Å². The molecule has 21 heavy (non-hydrogen) atoms. The molecule has 0 amide bonds. The van der Waals surface area contributed by atoms with Crippen molar-refractivity contribution in [2.75, 3.05) is 11.7 Å². The second kappa shape index (κ2) is 6.04. The van der Waals surface area contributed by atoms with Gasteiger partial charge in [0.25, 0.3) is 5.22 Å². The van der Waals surface area contributed by atoms with E-state index in [4.69, 9.17) is 4.42 Å². The maximum atomic E-state index is 11.9. The molecule has 0 bridgehead atoms. The lowest BCUT2D eigenvalue weighted by Gasteiger charge is -2.08. The first kappa shape index (κ1) is 15.2. The average Bonchev–Trinajstić information content (AvgIpc) is 2.93. The van der Waals surface area contributed by atoms with Crippen molar-refractivity contribution in [2.24, 2.45) is 0 Å². The number of hydrogen-bond donors (Lipinski definition) is 1. The van der Waals surface area contributed by atoms with Crippen LogP contribution in [0.15, 0.2) is 33.9 Å². The number of thioether (sulfide) groups is 1. The number of anilines is 1. The predicted molar refractivity (Wildman–Crippen MR) is 67.3 cm³/mol. The van der Waals surface area contributed by atoms with E-state index in [-0.39, 0.29) is 11.6 Å². The summed E-state index contributed by atoms with van der Waals surface area (Å²) in [6.45, 7) is 0. The molecule has 0 spiro atoms. The maximum Gasteiger partial charge on any atom is 0.493 e. The van der Waals surface area contributed by atoms with Crippen LogP contribution in [0.5, 0.6) is 0 Å². The summed E-state index contributed by atoms with van der Waals surface area (Å²) in [5, 5.41) is 7.95. The van der Waals surface area contributed by atoms with Gasteiger partial charge in [0, 0.05) is 5.56 Å². The summed E-state index contributed by atoms with van der Waals surface area (Å²) in [4.78, 5) is 14.4. The van der Waals surface area contributed by atoms with Crippen molar-refractivity contribution in [3.8, 4) is 11.5 Å². The van der Waals surface area contributed by atoms with Crippen LogP contribution in [-0.2, 0) is 9.63 Å². The largest absolute Gasteiger partial charge is 0.493 e. The Bertz CT molecular complexity index is 628. The van der Waals surface area contributed by atoms with Crippen molar-refractivity contribution in [1.82, 2.24) is 10.2 Å². The molecular formula is C11H8F3N3O3S. The van der Waals surface area contributed by atoms with Crippen LogP contribution in [0.2, 0.25) is 0 Å². The van der Waals surface area contributed by atoms with Crippen LogP contribution in [0.25, 0.3) is 11.5 Å². The SMILES string of the molecule is CSc1nnc(-c2ccc(NOC(=O)C(F)(F)F)cc2)o1. The first-order chi connectivity index (χ1) is 9.90. The van der Waals surface area contributed by atoms with Gasteiger partial charge in [-0.3, -0.25) is 0 Å². The van der Waals surface area contributed by atoms with Crippen LogP contribution in [0.4, 0.5) is 18.9 Å². The Kier molecular flexibility index (Phi) is 4.36. The van der Waals surface area contributed by atoms with Crippen molar-refractivity contribution in [2.45, 2.75) is 11.4 Å². The molecule has 0 radical (unpaired) electrons. The lowest BCUT2D eigenvalue weighted by atomic mass is 10.2. The van der Waals surface area contributed by atoms with Crippen molar-refractivity contribution in [3.05, 3.63) is 24.3 Å². The fourth-order valence-corrected chi connectivity index (χ4v) is 1.54. The van der Waals surface area contributed by atoms with Crippen LogP contribution in [0.1, 0.15) is 0 Å². The highest BCUT2D eigenvalue weighted by Gasteiger charge is 2.41. The van der Waals surface area contributed by atoms with E-state index < -0.39 is 12.1 Å². The average molecular weight is 319 g/mol. The van der Waals surface area contributed by atoms with Gasteiger partial charge in [-0.1, -0.05) is 11.8 Å². The lowest BCUT2D eigenvalue weighted by molar-refractivity contribution is -0.196. The second-order valence-electron chi connectivity index (χ2n) is 3.64. The van der Waals surface area contributed by atoms with Gasteiger partial charge in [0.05, 0.1) is 5.69 Å². The van der Waals surface area contributed by atoms with Gasteiger partial charge in [-0.05, 0) is 30.5 Å². The molecule has 0 unspecified atom stereocenters. The highest BCUT2D eigenvalue weighted by atomic mass is 32.2. The van der Waals surface area contributed by atoms with Crippen LogP contribution < -0.4 is 5.48 Å². The number of carbonyl (C=O) groups is 1. The number of nitrogens with zero attached hydrogens (tertiary/aromatic N) is 2. The van der Waals surface area contributed by atoms with Gasteiger partial charge < -0.3 is 9.25 Å². The Balaban J connectivity index is 2.00. The molecule has 0 saturated heterocycles. The zero-order valence-corrected chi connectivity index (χ0v) is 11.3. The minimum Gasteiger partial charge on any atom is -0.411 e. The quantitative estimate of drug-likeness (QED) is 0.686. The number of aromatic nitrogens is 2. The van der Waals surface area contributed by atoms with E-state index >= 15 is 0 Å². The number of alkyl halides is 3. The Hall–Kier alpha value is -2.23. The van der Waals surface area contributed by atoms with Crippen LogP contribution in [0.3, 0.4) is 0 Å². The number of halogens is 3. The van der Waals surface area contributed by atoms with E-state index in [1.54, 1.807) is 6.26 Å². The molecular weight excluding hydrogens is 311 g/mol. The molecule has 0 aliphatic rings. The monoisotopic (exact) mass is 319 g/mol. The first-order valence-corrected chi connectivity index (χ1v) is 6.64. The summed E-state index contributed by atoms with van der Waals surface area (Å²) in [6.07, 6.45) is -3.27. The zero-order chi connectivity index (χ0) is 15.5. The van der Waals surface area contributed by atoms with Gasteiger partial charge in [0.1, 0.15) is 0 Å². The maximum absolute atomic E-state index is 11.9. The van der Waals surface area contributed by atoms with E-state index in [0.29, 0.717) is 10.8 Å². The Morgan fingerprint density at radius 1 is 1.29 bits per heavy atom. The summed E-state index contributed by atoms with van der Waals surface area (Å²) in [6, 6.07) is 5.87. The molecule has 1 aromatic heterocycles. The molecule has 0 atom stereocenters. The van der Waals surface area contributed by atoms with E-state index in [9.17, 15) is 18.0 Å². The number of rotatable bonds is 4. The zero-order valence-electron chi connectivity index (χ0n) is 10.5. The summed E-state index contributed by atoms with van der Waals surface area (Å²) in [7, 11) is 0. The molecule has 10 heteroatoms. The van der Waals surface area contributed by atoms with Gasteiger partial charge in [-0.15, -0.1) is 10.2 Å². The third-order valence-corrected chi connectivity index (χ3v) is 2.72. The van der Waals surface area contributed by atoms with Crippen LogP contribution in [0, 0.1) is 0 Å². The lowest BCUT2D eigenvalue weighted by Crippen LogP contribution is -2.27. The molecule has 1 heterocycles. The minimum atomic E-state index is -5.05. The Morgan fingerprint density at radius 2 is 1.95 bits per heavy atom. The fourth-order valence-electron chi connectivity index (χ4n) is 1.25. The summed E-state index contributed by atoms with van der Waals surface area (Å²) in [5.74, 6) is -2.05. The van der Waals surface area contributed by atoms with Crippen LogP contribution in [-0.4, -0.2) is 28.6 Å². The molecule has 112 valence electrons. The molecule has 1 aromatic carbocycles. The molecule has 1 N–H and O–H groups in total. The van der Waals surface area contributed by atoms with Gasteiger partial charge in [-0.25, -0.2) is 10.3 Å². The molecule has 0 aliphatic carbocycles. The van der Waals surface area contributed by atoms with Crippen LogP contribution >= 0.6 is 11.8 Å². The van der Waals surface area contributed by atoms with Gasteiger partial charge in [0.2, 0.25) is 5.89 Å². The topological polar surface area (TPSA) is 77.3 Å². The fraction of sp³-hybridized carbons (Fsp3) is 0.182. The molecule has 6 nitrogen and oxygen atoms in total. The standard InChI is InChI=1S/C11H8F3N3O3S/c1-21-10-16-15-8(19-10)6-2-4-7(5-3-6)17-20-9(18)11(12,13)14/h2-5,17H,1H3. The van der Waals surface area contributed by atoms with Crippen molar-refractivity contribution in [3.63, 3.8) is 0 Å². The minimum absolute atomic E-state index is 0.168. The number of carbonyl (C=O) groups excluding carboxylic acids is 1. The van der Waals surface area contributed by atoms with Crippen molar-refractivity contribution < 1.29 is 27.2 Å². The third-order valence-electron chi connectivity index (χ3n) is 2.21. The molecule has 0 aliphatic heterocycles. The van der Waals surface area contributed by atoms with Crippen molar-refractivity contribution in [1.29, 1.82) is 0 Å². The van der Waals surface area contributed by atoms with Crippen molar-refractivity contribution >= 4 is 23.4 Å². The van der Waals surface area contributed by atoms with Gasteiger partial charge in [0.15, 0.2) is 0 Å². The first-order valence-electron chi connectivity index (χ1n) is 5.42. The summed E-state index contributed by atoms with van der Waals surface area (Å²) >= 11 is 1.28. The molecule has 0 saturated carbocycles. The Morgan fingerprint density at radius 3 is 2.48 bits per heavy atom.